The molecule has 2 aromatic carbocycles. The zero-order chi connectivity index (χ0) is 14.4. The number of methoxy groups -OCH3 is 1. The largest absolute Gasteiger partial charge is 0.497 e. The van der Waals surface area contributed by atoms with Gasteiger partial charge in [0.25, 0.3) is 0 Å². The van der Waals surface area contributed by atoms with Crippen LogP contribution in [0.15, 0.2) is 60.7 Å². The molecule has 0 aliphatic heterocycles. The van der Waals surface area contributed by atoms with Gasteiger partial charge < -0.3 is 4.74 Å². The molecule has 0 fully saturated rings. The fourth-order valence-corrected chi connectivity index (χ4v) is 2.36. The van der Waals surface area contributed by atoms with Gasteiger partial charge in [-0.25, -0.2) is 0 Å². The molecule has 1 unspecified atom stereocenters. The lowest BCUT2D eigenvalue weighted by atomic mass is 9.91. The maximum Gasteiger partial charge on any atom is 0.118 e. The average Bonchev–Trinajstić information content (AvgIpc) is 2.49. The van der Waals surface area contributed by atoms with E-state index >= 15 is 0 Å². The molecule has 1 nitrogen and oxygen atoms in total. The molecule has 0 aliphatic carbocycles. The molecule has 0 spiro atoms. The van der Waals surface area contributed by atoms with Crippen LogP contribution in [0.3, 0.4) is 0 Å². The first-order valence-electron chi connectivity index (χ1n) is 7.05. The predicted octanol–water partition coefficient (Wildman–Crippen LogP) is 4.91. The molecule has 104 valence electrons. The van der Waals surface area contributed by atoms with Gasteiger partial charge in [0, 0.05) is 5.92 Å². The molecule has 0 radical (unpaired) electrons. The number of benzene rings is 2. The Morgan fingerprint density at radius 2 is 1.65 bits per heavy atom. The molecule has 1 atom stereocenters. The third-order valence-corrected chi connectivity index (χ3v) is 3.54. The van der Waals surface area contributed by atoms with Crippen molar-refractivity contribution in [2.75, 3.05) is 7.11 Å². The van der Waals surface area contributed by atoms with Gasteiger partial charge in [-0.15, -0.1) is 0 Å². The average molecular weight is 266 g/mol. The summed E-state index contributed by atoms with van der Waals surface area (Å²) in [7, 11) is 1.70. The molecule has 0 aliphatic rings. The van der Waals surface area contributed by atoms with E-state index in [0.29, 0.717) is 5.92 Å². The molecule has 0 saturated carbocycles. The van der Waals surface area contributed by atoms with Gasteiger partial charge in [-0.3, -0.25) is 0 Å². The van der Waals surface area contributed by atoms with Crippen LogP contribution in [0.25, 0.3) is 0 Å². The van der Waals surface area contributed by atoms with Gasteiger partial charge in [0.1, 0.15) is 5.75 Å². The lowest BCUT2D eigenvalue weighted by Crippen LogP contribution is -2.00. The molecule has 0 amide bonds. The third-order valence-electron chi connectivity index (χ3n) is 3.54. The summed E-state index contributed by atoms with van der Waals surface area (Å²) in [5, 5.41) is 0. The normalized spacial score (nSPS) is 12.6. The number of ether oxygens (including phenoxy) is 1. The van der Waals surface area contributed by atoms with Gasteiger partial charge in [-0.2, -0.15) is 0 Å². The van der Waals surface area contributed by atoms with Crippen LogP contribution in [0, 0.1) is 6.92 Å². The zero-order valence-electron chi connectivity index (χ0n) is 12.5. The first-order chi connectivity index (χ1) is 9.72. The van der Waals surface area contributed by atoms with Crippen molar-refractivity contribution in [2.45, 2.75) is 26.2 Å². The van der Waals surface area contributed by atoms with Crippen LogP contribution in [0.2, 0.25) is 0 Å². The molecule has 2 rings (SSSR count). The topological polar surface area (TPSA) is 9.23 Å². The molecule has 20 heavy (non-hydrogen) atoms. The van der Waals surface area contributed by atoms with E-state index in [1.54, 1.807) is 7.11 Å². The summed E-state index contributed by atoms with van der Waals surface area (Å²) in [5.74, 6) is 1.32. The first kappa shape index (κ1) is 14.4. The van der Waals surface area contributed by atoms with Crippen molar-refractivity contribution in [2.24, 2.45) is 0 Å². The number of aryl methyl sites for hydroxylation is 1. The number of hydrogen-bond acceptors (Lipinski definition) is 1. The number of hydrogen-bond donors (Lipinski definition) is 0. The molecule has 0 saturated heterocycles. The monoisotopic (exact) mass is 266 g/mol. The molecule has 0 bridgehead atoms. The van der Waals surface area contributed by atoms with Gasteiger partial charge in [-0.05, 0) is 43.5 Å². The quantitative estimate of drug-likeness (QED) is 0.699. The van der Waals surface area contributed by atoms with Crippen molar-refractivity contribution in [3.63, 3.8) is 0 Å². The van der Waals surface area contributed by atoms with Crippen LogP contribution in [-0.4, -0.2) is 7.11 Å². The molecular weight excluding hydrogens is 244 g/mol. The maximum absolute atomic E-state index is 5.22. The van der Waals surface area contributed by atoms with E-state index in [0.717, 1.165) is 12.2 Å². The standard InChI is InChI=1S/C19H22O/c1-4-5-18(14-16-8-6-15(2)7-9-16)17-10-12-19(20-3)13-11-17/h4-13,18H,14H2,1-3H3. The Bertz CT molecular complexity index is 549. The van der Waals surface area contributed by atoms with Gasteiger partial charge in [0.05, 0.1) is 7.11 Å². The number of rotatable bonds is 5. The molecular formula is C19H22O. The van der Waals surface area contributed by atoms with Crippen LogP contribution in [0.1, 0.15) is 29.5 Å². The van der Waals surface area contributed by atoms with E-state index in [1.165, 1.54) is 16.7 Å². The fraction of sp³-hybridized carbons (Fsp3) is 0.263. The zero-order valence-corrected chi connectivity index (χ0v) is 12.5. The van der Waals surface area contributed by atoms with Gasteiger partial charge in [-0.1, -0.05) is 54.1 Å². The summed E-state index contributed by atoms with van der Waals surface area (Å²) in [5.41, 5.74) is 4.00. The summed E-state index contributed by atoms with van der Waals surface area (Å²) in [6, 6.07) is 17.1. The Kier molecular flexibility index (Phi) is 5.00. The lowest BCUT2D eigenvalue weighted by molar-refractivity contribution is 0.414. The highest BCUT2D eigenvalue weighted by Crippen LogP contribution is 2.24. The van der Waals surface area contributed by atoms with Crippen LogP contribution in [0.5, 0.6) is 5.75 Å². The summed E-state index contributed by atoms with van der Waals surface area (Å²) in [6.07, 6.45) is 5.42. The first-order valence-corrected chi connectivity index (χ1v) is 7.05. The van der Waals surface area contributed by atoms with E-state index in [-0.39, 0.29) is 0 Å². The van der Waals surface area contributed by atoms with Crippen molar-refractivity contribution in [1.29, 1.82) is 0 Å². The highest BCUT2D eigenvalue weighted by Gasteiger charge is 2.09. The van der Waals surface area contributed by atoms with Crippen molar-refractivity contribution < 1.29 is 4.74 Å². The Hall–Kier alpha value is -2.02. The second kappa shape index (κ2) is 6.95. The molecule has 0 N–H and O–H groups in total. The van der Waals surface area contributed by atoms with Crippen molar-refractivity contribution in [1.82, 2.24) is 0 Å². The van der Waals surface area contributed by atoms with Crippen molar-refractivity contribution >= 4 is 0 Å². The third kappa shape index (κ3) is 3.74. The summed E-state index contributed by atoms with van der Waals surface area (Å²) < 4.78 is 5.22. The van der Waals surface area contributed by atoms with E-state index in [4.69, 9.17) is 4.74 Å². The second-order valence-electron chi connectivity index (χ2n) is 5.10. The van der Waals surface area contributed by atoms with Crippen LogP contribution >= 0.6 is 0 Å². The van der Waals surface area contributed by atoms with Crippen LogP contribution in [0.4, 0.5) is 0 Å². The van der Waals surface area contributed by atoms with Crippen LogP contribution in [-0.2, 0) is 6.42 Å². The van der Waals surface area contributed by atoms with Gasteiger partial charge >= 0.3 is 0 Å². The van der Waals surface area contributed by atoms with Gasteiger partial charge in [0.15, 0.2) is 0 Å². The van der Waals surface area contributed by atoms with Crippen LogP contribution < -0.4 is 4.74 Å². The van der Waals surface area contributed by atoms with Gasteiger partial charge in [0.2, 0.25) is 0 Å². The minimum atomic E-state index is 0.411. The molecule has 0 aromatic heterocycles. The highest BCUT2D eigenvalue weighted by molar-refractivity contribution is 5.33. The smallest absolute Gasteiger partial charge is 0.118 e. The fourth-order valence-electron chi connectivity index (χ4n) is 2.36. The lowest BCUT2D eigenvalue weighted by Gasteiger charge is -2.14. The predicted molar refractivity (Wildman–Crippen MR) is 85.4 cm³/mol. The Morgan fingerprint density at radius 3 is 2.20 bits per heavy atom. The summed E-state index contributed by atoms with van der Waals surface area (Å²) in [6.45, 7) is 4.20. The Morgan fingerprint density at radius 1 is 1.00 bits per heavy atom. The van der Waals surface area contributed by atoms with Crippen molar-refractivity contribution in [3.05, 3.63) is 77.4 Å². The second-order valence-corrected chi connectivity index (χ2v) is 5.10. The minimum absolute atomic E-state index is 0.411. The molecule has 2 aromatic rings. The van der Waals surface area contributed by atoms with Crippen molar-refractivity contribution in [3.8, 4) is 5.75 Å². The van der Waals surface area contributed by atoms with E-state index in [2.05, 4.69) is 62.4 Å². The minimum Gasteiger partial charge on any atom is -0.497 e. The summed E-state index contributed by atoms with van der Waals surface area (Å²) in [4.78, 5) is 0. The number of allylic oxidation sites excluding steroid dienone is 2. The van der Waals surface area contributed by atoms with E-state index < -0.39 is 0 Å². The SMILES string of the molecule is CC=CC(Cc1ccc(C)cc1)c1ccc(OC)cc1. The Labute approximate surface area is 121 Å². The molecule has 0 heterocycles. The Balaban J connectivity index is 2.19. The van der Waals surface area contributed by atoms with E-state index in [1.807, 2.05) is 12.1 Å². The molecule has 1 heteroatoms. The summed E-state index contributed by atoms with van der Waals surface area (Å²) >= 11 is 0. The highest BCUT2D eigenvalue weighted by atomic mass is 16.5. The van der Waals surface area contributed by atoms with E-state index in [9.17, 15) is 0 Å². The maximum atomic E-state index is 5.22.